The lowest BCUT2D eigenvalue weighted by molar-refractivity contribution is 0.0703. The van der Waals surface area contributed by atoms with Crippen LogP contribution in [0.4, 0.5) is 5.69 Å². The number of thiophene rings is 1. The Morgan fingerprint density at radius 1 is 1.26 bits per heavy atom. The average molecular weight is 277 g/mol. The van der Waals surface area contributed by atoms with Gasteiger partial charge in [0.2, 0.25) is 0 Å². The van der Waals surface area contributed by atoms with Crippen LogP contribution in [0.3, 0.4) is 0 Å². The fraction of sp³-hybridized carbons (Fsp3) is 0.214. The zero-order valence-corrected chi connectivity index (χ0v) is 11.8. The van der Waals surface area contributed by atoms with Crippen LogP contribution in [0.5, 0.6) is 5.75 Å². The van der Waals surface area contributed by atoms with E-state index in [0.29, 0.717) is 5.69 Å². The molecule has 0 atom stereocenters. The van der Waals surface area contributed by atoms with Gasteiger partial charge >= 0.3 is 5.97 Å². The summed E-state index contributed by atoms with van der Waals surface area (Å²) >= 11 is 1.19. The third-order valence-electron chi connectivity index (χ3n) is 2.96. The summed E-state index contributed by atoms with van der Waals surface area (Å²) in [6.07, 6.45) is 0. The van der Waals surface area contributed by atoms with E-state index < -0.39 is 5.97 Å². The maximum atomic E-state index is 11.0. The van der Waals surface area contributed by atoms with Crippen molar-refractivity contribution in [2.24, 2.45) is 0 Å². The number of methoxy groups -OCH3 is 1. The van der Waals surface area contributed by atoms with Crippen molar-refractivity contribution < 1.29 is 14.6 Å². The molecule has 19 heavy (non-hydrogen) atoms. The molecule has 1 aromatic heterocycles. The van der Waals surface area contributed by atoms with Crippen molar-refractivity contribution in [1.29, 1.82) is 0 Å². The van der Waals surface area contributed by atoms with E-state index in [1.807, 2.05) is 26.0 Å². The first-order chi connectivity index (χ1) is 8.93. The minimum Gasteiger partial charge on any atom is -0.496 e. The van der Waals surface area contributed by atoms with Gasteiger partial charge < -0.3 is 15.6 Å². The first-order valence-electron chi connectivity index (χ1n) is 5.72. The smallest absolute Gasteiger partial charge is 0.348 e. The van der Waals surface area contributed by atoms with Crippen molar-refractivity contribution in [3.63, 3.8) is 0 Å². The number of aromatic carboxylic acids is 1. The molecule has 1 aromatic carbocycles. The third-order valence-corrected chi connectivity index (χ3v) is 4.13. The maximum absolute atomic E-state index is 11.0. The zero-order valence-electron chi connectivity index (χ0n) is 11.0. The molecule has 0 saturated heterocycles. The summed E-state index contributed by atoms with van der Waals surface area (Å²) in [7, 11) is 1.63. The van der Waals surface area contributed by atoms with Gasteiger partial charge in [-0.15, -0.1) is 11.3 Å². The van der Waals surface area contributed by atoms with Crippen LogP contribution in [0.15, 0.2) is 18.2 Å². The Kier molecular flexibility index (Phi) is 3.48. The molecular formula is C14H15NO3S. The van der Waals surface area contributed by atoms with Crippen LogP contribution in [-0.4, -0.2) is 18.2 Å². The largest absolute Gasteiger partial charge is 0.496 e. The summed E-state index contributed by atoms with van der Waals surface area (Å²) in [5.41, 5.74) is 9.06. The number of carboxylic acids is 1. The van der Waals surface area contributed by atoms with E-state index in [9.17, 15) is 4.79 Å². The molecule has 0 amide bonds. The van der Waals surface area contributed by atoms with E-state index in [1.165, 1.54) is 11.3 Å². The van der Waals surface area contributed by atoms with Crippen molar-refractivity contribution >= 4 is 23.0 Å². The summed E-state index contributed by atoms with van der Waals surface area (Å²) in [6.45, 7) is 3.92. The number of anilines is 1. The fourth-order valence-electron chi connectivity index (χ4n) is 1.98. The number of benzene rings is 1. The molecule has 3 N–H and O–H groups in total. The molecule has 1 heterocycles. The number of ether oxygens (including phenoxy) is 1. The zero-order chi connectivity index (χ0) is 14.2. The standard InChI is InChI=1S/C14H15NO3S/c1-7-5-11(18-3)8(2)4-9(7)12-6-10(15)13(19-12)14(16)17/h4-6H,15H2,1-3H3,(H,16,17). The molecule has 0 fully saturated rings. The monoisotopic (exact) mass is 277 g/mol. The topological polar surface area (TPSA) is 72.5 Å². The Morgan fingerprint density at radius 2 is 1.95 bits per heavy atom. The Hall–Kier alpha value is -2.01. The van der Waals surface area contributed by atoms with E-state index >= 15 is 0 Å². The highest BCUT2D eigenvalue weighted by Gasteiger charge is 2.16. The van der Waals surface area contributed by atoms with Crippen LogP contribution in [0.2, 0.25) is 0 Å². The van der Waals surface area contributed by atoms with Gasteiger partial charge in [0, 0.05) is 4.88 Å². The highest BCUT2D eigenvalue weighted by molar-refractivity contribution is 7.18. The Labute approximate surface area is 115 Å². The number of nitrogen functional groups attached to an aromatic ring is 1. The van der Waals surface area contributed by atoms with Crippen molar-refractivity contribution in [2.75, 3.05) is 12.8 Å². The summed E-state index contributed by atoms with van der Waals surface area (Å²) in [4.78, 5) is 12.1. The number of nitrogens with two attached hydrogens (primary N) is 1. The number of hydrogen-bond donors (Lipinski definition) is 2. The molecule has 0 aliphatic carbocycles. The van der Waals surface area contributed by atoms with Crippen LogP contribution in [-0.2, 0) is 0 Å². The van der Waals surface area contributed by atoms with E-state index in [-0.39, 0.29) is 4.88 Å². The molecule has 0 radical (unpaired) electrons. The molecular weight excluding hydrogens is 262 g/mol. The van der Waals surface area contributed by atoms with Gasteiger partial charge in [0.1, 0.15) is 10.6 Å². The van der Waals surface area contributed by atoms with Gasteiger partial charge in [-0.05, 0) is 48.7 Å². The minimum absolute atomic E-state index is 0.183. The summed E-state index contributed by atoms with van der Waals surface area (Å²) in [6, 6.07) is 5.65. The lowest BCUT2D eigenvalue weighted by Gasteiger charge is -2.09. The maximum Gasteiger partial charge on any atom is 0.348 e. The predicted octanol–water partition coefficient (Wildman–Crippen LogP) is 3.32. The van der Waals surface area contributed by atoms with Gasteiger partial charge in [0.25, 0.3) is 0 Å². The van der Waals surface area contributed by atoms with Gasteiger partial charge in [-0.2, -0.15) is 0 Å². The highest BCUT2D eigenvalue weighted by Crippen LogP contribution is 2.37. The SMILES string of the molecule is COc1cc(C)c(-c2cc(N)c(C(=O)O)s2)cc1C. The molecule has 0 unspecified atom stereocenters. The molecule has 2 rings (SSSR count). The van der Waals surface area contributed by atoms with Gasteiger partial charge in [-0.3, -0.25) is 0 Å². The van der Waals surface area contributed by atoms with E-state index in [1.54, 1.807) is 13.2 Å². The number of hydrogen-bond acceptors (Lipinski definition) is 4. The number of aryl methyl sites for hydroxylation is 2. The third kappa shape index (κ3) is 2.42. The highest BCUT2D eigenvalue weighted by atomic mass is 32.1. The van der Waals surface area contributed by atoms with E-state index in [4.69, 9.17) is 15.6 Å². The Morgan fingerprint density at radius 3 is 2.47 bits per heavy atom. The van der Waals surface area contributed by atoms with Crippen molar-refractivity contribution in [3.05, 3.63) is 34.2 Å². The van der Waals surface area contributed by atoms with Crippen LogP contribution < -0.4 is 10.5 Å². The summed E-state index contributed by atoms with van der Waals surface area (Å²) < 4.78 is 5.27. The lowest BCUT2D eigenvalue weighted by Crippen LogP contribution is -1.96. The Bertz CT molecular complexity index is 646. The molecule has 4 nitrogen and oxygen atoms in total. The second kappa shape index (κ2) is 4.93. The predicted molar refractivity (Wildman–Crippen MR) is 77.2 cm³/mol. The van der Waals surface area contributed by atoms with Crippen molar-refractivity contribution in [2.45, 2.75) is 13.8 Å². The normalized spacial score (nSPS) is 10.5. The van der Waals surface area contributed by atoms with Crippen LogP contribution in [0.1, 0.15) is 20.8 Å². The molecule has 2 aromatic rings. The minimum atomic E-state index is -0.989. The van der Waals surface area contributed by atoms with Crippen molar-refractivity contribution in [1.82, 2.24) is 0 Å². The van der Waals surface area contributed by atoms with E-state index in [2.05, 4.69) is 0 Å². The molecule has 5 heteroatoms. The average Bonchev–Trinajstić information content (AvgIpc) is 2.73. The second-order valence-corrected chi connectivity index (χ2v) is 5.39. The number of carboxylic acid groups (broad SMARTS) is 1. The second-order valence-electron chi connectivity index (χ2n) is 4.34. The molecule has 0 bridgehead atoms. The van der Waals surface area contributed by atoms with Gasteiger partial charge in [0.05, 0.1) is 12.8 Å². The molecule has 0 aliphatic rings. The molecule has 100 valence electrons. The van der Waals surface area contributed by atoms with Gasteiger partial charge in [0.15, 0.2) is 0 Å². The Balaban J connectivity index is 2.56. The molecule has 0 aliphatic heterocycles. The molecule has 0 spiro atoms. The first kappa shape index (κ1) is 13.4. The first-order valence-corrected chi connectivity index (χ1v) is 6.54. The van der Waals surface area contributed by atoms with E-state index in [0.717, 1.165) is 27.3 Å². The van der Waals surface area contributed by atoms with Gasteiger partial charge in [-0.25, -0.2) is 4.79 Å². The van der Waals surface area contributed by atoms with Crippen LogP contribution in [0, 0.1) is 13.8 Å². The van der Waals surface area contributed by atoms with Crippen molar-refractivity contribution in [3.8, 4) is 16.2 Å². The summed E-state index contributed by atoms with van der Waals surface area (Å²) in [5.74, 6) is -0.166. The lowest BCUT2D eigenvalue weighted by atomic mass is 10.0. The van der Waals surface area contributed by atoms with Crippen LogP contribution >= 0.6 is 11.3 Å². The summed E-state index contributed by atoms with van der Waals surface area (Å²) in [5, 5.41) is 9.04. The quantitative estimate of drug-likeness (QED) is 0.902. The number of carbonyl (C=O) groups is 1. The fourth-order valence-corrected chi connectivity index (χ4v) is 2.98. The number of rotatable bonds is 3. The van der Waals surface area contributed by atoms with Gasteiger partial charge in [-0.1, -0.05) is 0 Å². The molecule has 0 saturated carbocycles. The van der Waals surface area contributed by atoms with Crippen LogP contribution in [0.25, 0.3) is 10.4 Å².